The largest absolute Gasteiger partial charge is 0.495 e. The summed E-state index contributed by atoms with van der Waals surface area (Å²) in [6.07, 6.45) is 0.903. The second-order valence-electron chi connectivity index (χ2n) is 5.63. The summed E-state index contributed by atoms with van der Waals surface area (Å²) in [7, 11) is 1.59. The van der Waals surface area contributed by atoms with E-state index < -0.39 is 0 Å². The van der Waals surface area contributed by atoms with Crippen LogP contribution in [0.3, 0.4) is 0 Å². The number of aromatic nitrogens is 1. The van der Waals surface area contributed by atoms with Gasteiger partial charge in [-0.15, -0.1) is 11.3 Å². The molecule has 2 heterocycles. The van der Waals surface area contributed by atoms with Gasteiger partial charge in [0.15, 0.2) is 5.13 Å². The lowest BCUT2D eigenvalue weighted by Crippen LogP contribution is -2.36. The molecular formula is C18H19N3O2S. The van der Waals surface area contributed by atoms with Crippen LogP contribution >= 0.6 is 11.3 Å². The van der Waals surface area contributed by atoms with E-state index in [1.807, 2.05) is 36.6 Å². The number of ether oxygens (including phenoxy) is 1. The molecule has 124 valence electrons. The van der Waals surface area contributed by atoms with E-state index in [-0.39, 0.29) is 11.9 Å². The maximum absolute atomic E-state index is 12.1. The zero-order chi connectivity index (χ0) is 16.9. The molecule has 2 aromatic rings. The number of benzene rings is 1. The fourth-order valence-electron chi connectivity index (χ4n) is 2.63. The third-order valence-electron chi connectivity index (χ3n) is 3.82. The van der Waals surface area contributed by atoms with E-state index in [2.05, 4.69) is 27.0 Å². The number of methoxy groups -OCH3 is 1. The Balaban J connectivity index is 1.57. The molecule has 1 unspecified atom stereocenters. The lowest BCUT2D eigenvalue weighted by atomic mass is 10.2. The molecule has 1 aliphatic heterocycles. The molecule has 1 aliphatic rings. The first kappa shape index (κ1) is 16.3. The topological polar surface area (TPSA) is 54.5 Å². The van der Waals surface area contributed by atoms with Crippen LogP contribution in [0.15, 0.2) is 29.6 Å². The predicted octanol–water partition coefficient (Wildman–Crippen LogP) is 2.21. The molecule has 1 amide bonds. The Morgan fingerprint density at radius 1 is 1.46 bits per heavy atom. The molecule has 1 aromatic heterocycles. The Labute approximate surface area is 145 Å². The van der Waals surface area contributed by atoms with Crippen LogP contribution in [0.4, 0.5) is 5.13 Å². The molecule has 0 spiro atoms. The Bertz CT molecular complexity index is 791. The highest BCUT2D eigenvalue weighted by atomic mass is 32.1. The number of para-hydroxylation sites is 1. The van der Waals surface area contributed by atoms with Crippen LogP contribution in [0.1, 0.15) is 17.7 Å². The number of carbonyl (C=O) groups excluding carboxylic acids is 1. The van der Waals surface area contributed by atoms with Crippen LogP contribution in [0.5, 0.6) is 5.75 Å². The molecule has 1 N–H and O–H groups in total. The van der Waals surface area contributed by atoms with Crippen molar-refractivity contribution in [3.05, 3.63) is 40.9 Å². The van der Waals surface area contributed by atoms with Gasteiger partial charge < -0.3 is 15.0 Å². The molecule has 3 rings (SSSR count). The number of amides is 1. The van der Waals surface area contributed by atoms with E-state index >= 15 is 0 Å². The zero-order valence-electron chi connectivity index (χ0n) is 13.7. The minimum absolute atomic E-state index is 0.105. The van der Waals surface area contributed by atoms with Gasteiger partial charge in [-0.3, -0.25) is 4.79 Å². The summed E-state index contributed by atoms with van der Waals surface area (Å²) in [4.78, 5) is 18.8. The lowest BCUT2D eigenvalue weighted by Gasteiger charge is -2.14. The van der Waals surface area contributed by atoms with Crippen LogP contribution in [0.2, 0.25) is 0 Å². The molecule has 24 heavy (non-hydrogen) atoms. The quantitative estimate of drug-likeness (QED) is 0.870. The van der Waals surface area contributed by atoms with E-state index in [0.717, 1.165) is 30.3 Å². The number of thiazole rings is 1. The van der Waals surface area contributed by atoms with E-state index in [0.29, 0.717) is 11.3 Å². The molecule has 1 aromatic carbocycles. The van der Waals surface area contributed by atoms with Crippen molar-refractivity contribution in [3.63, 3.8) is 0 Å². The van der Waals surface area contributed by atoms with Crippen LogP contribution in [0, 0.1) is 18.8 Å². The Morgan fingerprint density at radius 3 is 3.04 bits per heavy atom. The molecule has 0 aliphatic carbocycles. The summed E-state index contributed by atoms with van der Waals surface area (Å²) >= 11 is 1.64. The van der Waals surface area contributed by atoms with E-state index in [1.54, 1.807) is 18.4 Å². The SMILES string of the molecule is COc1ccccc1C#CC(=O)NC1CCN(c2nc(C)cs2)C1. The normalized spacial score (nSPS) is 16.4. The first-order valence-corrected chi connectivity index (χ1v) is 8.66. The lowest BCUT2D eigenvalue weighted by molar-refractivity contribution is -0.116. The van der Waals surface area contributed by atoms with Crippen LogP contribution in [0.25, 0.3) is 0 Å². The number of rotatable bonds is 3. The van der Waals surface area contributed by atoms with Crippen molar-refractivity contribution in [2.24, 2.45) is 0 Å². The van der Waals surface area contributed by atoms with E-state index in [1.165, 1.54) is 0 Å². The fourth-order valence-corrected chi connectivity index (χ4v) is 3.47. The third-order valence-corrected chi connectivity index (χ3v) is 4.84. The molecule has 5 nitrogen and oxygen atoms in total. The molecular weight excluding hydrogens is 322 g/mol. The van der Waals surface area contributed by atoms with Gasteiger partial charge in [0.1, 0.15) is 5.75 Å². The Kier molecular flexibility index (Phi) is 5.02. The predicted molar refractivity (Wildman–Crippen MR) is 95.5 cm³/mol. The number of aryl methyl sites for hydroxylation is 1. The maximum atomic E-state index is 12.1. The summed E-state index contributed by atoms with van der Waals surface area (Å²) in [5, 5.41) is 6.03. The monoisotopic (exact) mass is 341 g/mol. The number of nitrogens with one attached hydrogen (secondary N) is 1. The summed E-state index contributed by atoms with van der Waals surface area (Å²) in [6, 6.07) is 7.51. The molecule has 6 heteroatoms. The average molecular weight is 341 g/mol. The van der Waals surface area contributed by atoms with E-state index in [4.69, 9.17) is 4.74 Å². The van der Waals surface area contributed by atoms with Crippen LogP contribution < -0.4 is 15.0 Å². The third kappa shape index (κ3) is 3.87. The van der Waals surface area contributed by atoms with Gasteiger partial charge in [0, 0.05) is 30.4 Å². The molecule has 1 atom stereocenters. The summed E-state index contributed by atoms with van der Waals surface area (Å²) < 4.78 is 5.23. The van der Waals surface area contributed by atoms with Gasteiger partial charge in [-0.05, 0) is 25.5 Å². The number of nitrogens with zero attached hydrogens (tertiary/aromatic N) is 2. The highest BCUT2D eigenvalue weighted by Gasteiger charge is 2.25. The number of anilines is 1. The first-order valence-electron chi connectivity index (χ1n) is 7.78. The first-order chi connectivity index (χ1) is 11.7. The van der Waals surface area contributed by atoms with Gasteiger partial charge >= 0.3 is 0 Å². The Hall–Kier alpha value is -2.52. The minimum atomic E-state index is -0.261. The average Bonchev–Trinajstić information content (AvgIpc) is 3.22. The van der Waals surface area contributed by atoms with Gasteiger partial charge in [0.05, 0.1) is 18.4 Å². The van der Waals surface area contributed by atoms with E-state index in [9.17, 15) is 4.79 Å². The highest BCUT2D eigenvalue weighted by molar-refractivity contribution is 7.13. The van der Waals surface area contributed by atoms with Gasteiger partial charge in [0.2, 0.25) is 0 Å². The molecule has 0 radical (unpaired) electrons. The van der Waals surface area contributed by atoms with Crippen LogP contribution in [-0.4, -0.2) is 37.1 Å². The Morgan fingerprint density at radius 2 is 2.29 bits per heavy atom. The summed E-state index contributed by atoms with van der Waals surface area (Å²) in [6.45, 7) is 3.66. The maximum Gasteiger partial charge on any atom is 0.296 e. The standard InChI is InChI=1S/C18H19N3O2S/c1-13-12-24-18(19-13)21-10-9-15(11-21)20-17(22)8-7-14-5-3-4-6-16(14)23-2/h3-6,12,15H,9-11H2,1-2H3,(H,20,22). The van der Waals surface area contributed by atoms with Crippen molar-refractivity contribution < 1.29 is 9.53 Å². The van der Waals surface area contributed by atoms with Crippen molar-refractivity contribution in [2.75, 3.05) is 25.1 Å². The highest BCUT2D eigenvalue weighted by Crippen LogP contribution is 2.24. The van der Waals surface area contributed by atoms with Crippen molar-refractivity contribution in [1.82, 2.24) is 10.3 Å². The van der Waals surface area contributed by atoms with Crippen molar-refractivity contribution in [1.29, 1.82) is 0 Å². The van der Waals surface area contributed by atoms with Crippen molar-refractivity contribution >= 4 is 22.4 Å². The van der Waals surface area contributed by atoms with Crippen molar-refractivity contribution in [3.8, 4) is 17.6 Å². The van der Waals surface area contributed by atoms with Crippen molar-refractivity contribution in [2.45, 2.75) is 19.4 Å². The molecule has 1 fully saturated rings. The van der Waals surface area contributed by atoms with Gasteiger partial charge in [0.25, 0.3) is 5.91 Å². The van der Waals surface area contributed by atoms with Gasteiger partial charge in [-0.2, -0.15) is 0 Å². The zero-order valence-corrected chi connectivity index (χ0v) is 14.5. The van der Waals surface area contributed by atoms with Crippen LogP contribution in [-0.2, 0) is 4.79 Å². The minimum Gasteiger partial charge on any atom is -0.495 e. The summed E-state index contributed by atoms with van der Waals surface area (Å²) in [5.74, 6) is 5.93. The summed E-state index contributed by atoms with van der Waals surface area (Å²) in [5.41, 5.74) is 1.74. The molecule has 0 bridgehead atoms. The number of hydrogen-bond acceptors (Lipinski definition) is 5. The number of hydrogen-bond donors (Lipinski definition) is 1. The fraction of sp³-hybridized carbons (Fsp3) is 0.333. The second kappa shape index (κ2) is 7.37. The molecule has 1 saturated heterocycles. The smallest absolute Gasteiger partial charge is 0.296 e. The van der Waals surface area contributed by atoms with Gasteiger partial charge in [-0.25, -0.2) is 4.98 Å². The molecule has 0 saturated carbocycles. The number of carbonyl (C=O) groups is 1. The second-order valence-corrected chi connectivity index (χ2v) is 6.46. The van der Waals surface area contributed by atoms with Gasteiger partial charge in [-0.1, -0.05) is 18.1 Å².